The molecule has 0 radical (unpaired) electrons. The molecule has 2 heterocycles. The van der Waals surface area contributed by atoms with Gasteiger partial charge in [-0.2, -0.15) is 0 Å². The number of hydrogen-bond donors (Lipinski definition) is 0. The van der Waals surface area contributed by atoms with Gasteiger partial charge in [-0.3, -0.25) is 4.98 Å². The van der Waals surface area contributed by atoms with Gasteiger partial charge < -0.3 is 0 Å². The SMILES string of the molecule is Fc1ccc(-c2cnc(Cc3c(Cl)cccc3Cl)nc2-c2ccncc2)cc1. The van der Waals surface area contributed by atoms with Crippen LogP contribution in [0.1, 0.15) is 11.4 Å². The van der Waals surface area contributed by atoms with Crippen molar-refractivity contribution >= 4 is 23.2 Å². The van der Waals surface area contributed by atoms with Gasteiger partial charge in [0.05, 0.1) is 5.69 Å². The minimum absolute atomic E-state index is 0.292. The highest BCUT2D eigenvalue weighted by atomic mass is 35.5. The molecular weight excluding hydrogens is 396 g/mol. The maximum Gasteiger partial charge on any atom is 0.133 e. The van der Waals surface area contributed by atoms with Crippen molar-refractivity contribution in [3.63, 3.8) is 0 Å². The Hall–Kier alpha value is -2.82. The number of halogens is 3. The van der Waals surface area contributed by atoms with E-state index in [1.807, 2.05) is 12.1 Å². The van der Waals surface area contributed by atoms with E-state index in [1.165, 1.54) is 12.1 Å². The molecule has 2 aromatic carbocycles. The van der Waals surface area contributed by atoms with E-state index in [2.05, 4.69) is 9.97 Å². The molecule has 0 aliphatic carbocycles. The number of hydrogen-bond acceptors (Lipinski definition) is 3. The molecule has 0 atom stereocenters. The molecule has 0 aliphatic rings. The van der Waals surface area contributed by atoms with E-state index < -0.39 is 0 Å². The molecule has 6 heteroatoms. The molecule has 0 saturated heterocycles. The summed E-state index contributed by atoms with van der Waals surface area (Å²) in [5.74, 6) is 0.299. The van der Waals surface area contributed by atoms with Crippen molar-refractivity contribution in [2.24, 2.45) is 0 Å². The predicted molar refractivity (Wildman–Crippen MR) is 110 cm³/mol. The fourth-order valence-corrected chi connectivity index (χ4v) is 3.46. The van der Waals surface area contributed by atoms with E-state index in [-0.39, 0.29) is 5.82 Å². The van der Waals surface area contributed by atoms with Crippen LogP contribution in [0.15, 0.2) is 73.2 Å². The zero-order valence-corrected chi connectivity index (χ0v) is 16.1. The maximum absolute atomic E-state index is 13.3. The highest BCUT2D eigenvalue weighted by Crippen LogP contribution is 2.31. The summed E-state index contributed by atoms with van der Waals surface area (Å²) < 4.78 is 13.3. The second-order valence-corrected chi connectivity index (χ2v) is 6.98. The van der Waals surface area contributed by atoms with E-state index in [1.54, 1.807) is 48.9 Å². The summed E-state index contributed by atoms with van der Waals surface area (Å²) in [6.07, 6.45) is 5.56. The lowest BCUT2D eigenvalue weighted by atomic mass is 10.0. The van der Waals surface area contributed by atoms with Gasteiger partial charge in [0.15, 0.2) is 0 Å². The predicted octanol–water partition coefficient (Wildman–Crippen LogP) is 6.24. The standard InChI is InChI=1S/C22H14Cl2FN3/c23-19-2-1-3-20(24)17(19)12-21-27-13-18(14-4-6-16(25)7-5-14)22(28-21)15-8-10-26-11-9-15/h1-11,13H,12H2. The van der Waals surface area contributed by atoms with Crippen LogP contribution >= 0.6 is 23.2 Å². The summed E-state index contributed by atoms with van der Waals surface area (Å²) in [6, 6.07) is 15.4. The first-order valence-electron chi connectivity index (χ1n) is 8.57. The van der Waals surface area contributed by atoms with Gasteiger partial charge in [-0.15, -0.1) is 0 Å². The van der Waals surface area contributed by atoms with Gasteiger partial charge in [0.2, 0.25) is 0 Å². The van der Waals surface area contributed by atoms with Crippen molar-refractivity contribution in [1.29, 1.82) is 0 Å². The van der Waals surface area contributed by atoms with Gasteiger partial charge in [0, 0.05) is 46.2 Å². The molecule has 0 saturated carbocycles. The molecule has 2 aromatic heterocycles. The Morgan fingerprint density at radius 1 is 0.821 bits per heavy atom. The molecule has 28 heavy (non-hydrogen) atoms. The molecule has 0 aliphatic heterocycles. The Kier molecular flexibility index (Phi) is 5.33. The summed E-state index contributed by atoms with van der Waals surface area (Å²) >= 11 is 12.6. The zero-order chi connectivity index (χ0) is 19.5. The highest BCUT2D eigenvalue weighted by Gasteiger charge is 2.14. The van der Waals surface area contributed by atoms with E-state index in [9.17, 15) is 4.39 Å². The molecule has 0 spiro atoms. The van der Waals surface area contributed by atoms with E-state index in [0.29, 0.717) is 22.3 Å². The molecule has 4 aromatic rings. The van der Waals surface area contributed by atoms with Crippen molar-refractivity contribution in [3.05, 3.63) is 100 Å². The van der Waals surface area contributed by atoms with Gasteiger partial charge in [-0.05, 0) is 47.5 Å². The monoisotopic (exact) mass is 409 g/mol. The van der Waals surface area contributed by atoms with Crippen LogP contribution in [-0.2, 0) is 6.42 Å². The first-order valence-corrected chi connectivity index (χ1v) is 9.32. The third-order valence-corrected chi connectivity index (χ3v) is 5.05. The first kappa shape index (κ1) is 18.5. The van der Waals surface area contributed by atoms with Crippen molar-refractivity contribution in [2.45, 2.75) is 6.42 Å². The molecular formula is C22H14Cl2FN3. The molecule has 0 bridgehead atoms. The van der Waals surface area contributed by atoms with Crippen LogP contribution in [0.5, 0.6) is 0 Å². The summed E-state index contributed by atoms with van der Waals surface area (Å²) in [5, 5.41) is 1.15. The van der Waals surface area contributed by atoms with Gasteiger partial charge in [0.25, 0.3) is 0 Å². The average Bonchev–Trinajstić information content (AvgIpc) is 2.72. The Bertz CT molecular complexity index is 1100. The Labute approximate surface area is 171 Å². The lowest BCUT2D eigenvalue weighted by Crippen LogP contribution is -2.01. The minimum atomic E-state index is -0.292. The lowest BCUT2D eigenvalue weighted by molar-refractivity contribution is 0.628. The summed E-state index contributed by atoms with van der Waals surface area (Å²) in [7, 11) is 0. The number of nitrogens with zero attached hydrogens (tertiary/aromatic N) is 3. The normalized spacial score (nSPS) is 10.8. The highest BCUT2D eigenvalue weighted by molar-refractivity contribution is 6.36. The maximum atomic E-state index is 13.3. The van der Waals surface area contributed by atoms with Crippen molar-refractivity contribution in [1.82, 2.24) is 15.0 Å². The van der Waals surface area contributed by atoms with E-state index in [4.69, 9.17) is 28.2 Å². The van der Waals surface area contributed by atoms with Crippen LogP contribution in [-0.4, -0.2) is 15.0 Å². The van der Waals surface area contributed by atoms with Crippen molar-refractivity contribution in [2.75, 3.05) is 0 Å². The Balaban J connectivity index is 1.82. The fourth-order valence-electron chi connectivity index (χ4n) is 2.93. The topological polar surface area (TPSA) is 38.7 Å². The number of rotatable bonds is 4. The number of benzene rings is 2. The van der Waals surface area contributed by atoms with Crippen molar-refractivity contribution < 1.29 is 4.39 Å². The molecule has 138 valence electrons. The summed E-state index contributed by atoms with van der Waals surface area (Å²) in [5.41, 5.74) is 4.04. The molecule has 0 fully saturated rings. The lowest BCUT2D eigenvalue weighted by Gasteiger charge is -2.12. The second kappa shape index (κ2) is 8.05. The molecule has 0 unspecified atom stereocenters. The Morgan fingerprint density at radius 2 is 1.50 bits per heavy atom. The van der Waals surface area contributed by atoms with E-state index in [0.717, 1.165) is 27.9 Å². The van der Waals surface area contributed by atoms with Crippen LogP contribution in [0.25, 0.3) is 22.4 Å². The minimum Gasteiger partial charge on any atom is -0.265 e. The molecule has 0 amide bonds. The average molecular weight is 410 g/mol. The van der Waals surface area contributed by atoms with Crippen LogP contribution in [0.3, 0.4) is 0 Å². The van der Waals surface area contributed by atoms with Gasteiger partial charge in [-0.1, -0.05) is 41.4 Å². The molecule has 4 rings (SSSR count). The third kappa shape index (κ3) is 3.88. The second-order valence-electron chi connectivity index (χ2n) is 6.17. The molecule has 3 nitrogen and oxygen atoms in total. The number of pyridine rings is 1. The van der Waals surface area contributed by atoms with E-state index >= 15 is 0 Å². The van der Waals surface area contributed by atoms with Crippen LogP contribution in [0, 0.1) is 5.82 Å². The van der Waals surface area contributed by atoms with Gasteiger partial charge in [-0.25, -0.2) is 14.4 Å². The quantitative estimate of drug-likeness (QED) is 0.400. The van der Waals surface area contributed by atoms with Crippen LogP contribution in [0.4, 0.5) is 4.39 Å². The number of aromatic nitrogens is 3. The first-order chi connectivity index (χ1) is 13.6. The van der Waals surface area contributed by atoms with Crippen LogP contribution in [0.2, 0.25) is 10.0 Å². The molecule has 0 N–H and O–H groups in total. The summed E-state index contributed by atoms with van der Waals surface area (Å²) in [4.78, 5) is 13.3. The fraction of sp³-hybridized carbons (Fsp3) is 0.0455. The Morgan fingerprint density at radius 3 is 2.18 bits per heavy atom. The smallest absolute Gasteiger partial charge is 0.133 e. The third-order valence-electron chi connectivity index (χ3n) is 4.34. The van der Waals surface area contributed by atoms with Crippen molar-refractivity contribution in [3.8, 4) is 22.4 Å². The van der Waals surface area contributed by atoms with Gasteiger partial charge >= 0.3 is 0 Å². The van der Waals surface area contributed by atoms with Gasteiger partial charge in [0.1, 0.15) is 11.6 Å². The summed E-state index contributed by atoms with van der Waals surface area (Å²) in [6.45, 7) is 0. The largest absolute Gasteiger partial charge is 0.265 e. The van der Waals surface area contributed by atoms with Crippen LogP contribution < -0.4 is 0 Å². The zero-order valence-electron chi connectivity index (χ0n) is 14.6.